The molecular weight excluding hydrogens is 877 g/mol. The number of unbranched alkanes of at least 4 members (excludes halogenated alkanes) is 17. The van der Waals surface area contributed by atoms with Crippen LogP contribution in [0, 0.1) is 0 Å². The van der Waals surface area contributed by atoms with Gasteiger partial charge >= 0.3 is 17.9 Å². The molecule has 1 unspecified atom stereocenters. The van der Waals surface area contributed by atoms with Crippen molar-refractivity contribution in [1.29, 1.82) is 0 Å². The van der Waals surface area contributed by atoms with Crippen LogP contribution in [0.4, 0.5) is 0 Å². The van der Waals surface area contributed by atoms with Gasteiger partial charge in [0, 0.05) is 19.3 Å². The summed E-state index contributed by atoms with van der Waals surface area (Å²) in [4.78, 5) is 37.8. The minimum Gasteiger partial charge on any atom is -0.462 e. The van der Waals surface area contributed by atoms with E-state index in [2.05, 4.69) is 154 Å². The van der Waals surface area contributed by atoms with Gasteiger partial charge in [0.05, 0.1) is 0 Å². The van der Waals surface area contributed by atoms with Crippen molar-refractivity contribution in [3.05, 3.63) is 134 Å². The number of allylic oxidation sites excluding steroid dienone is 22. The second kappa shape index (κ2) is 58.1. The second-order valence-electron chi connectivity index (χ2n) is 18.4. The summed E-state index contributed by atoms with van der Waals surface area (Å²) < 4.78 is 16.7. The summed E-state index contributed by atoms with van der Waals surface area (Å²) in [6.07, 6.45) is 82.0. The highest BCUT2D eigenvalue weighted by Crippen LogP contribution is 2.14. The number of hydrogen-bond donors (Lipinski definition) is 0. The molecule has 0 aliphatic carbocycles. The number of carbonyl (C=O) groups excluding carboxylic acids is 3. The first-order valence-corrected chi connectivity index (χ1v) is 28.7. The standard InChI is InChI=1S/C65H104O6/c1-4-7-10-13-15-17-19-21-23-25-27-29-31-32-34-35-37-39-41-43-45-47-49-52-55-58-64(67)70-61-62(60-69-63(66)57-54-51-12-9-6-3)71-65(68)59-56-53-50-48-46-44-42-40-38-36-33-30-28-26-24-22-20-18-16-14-11-8-5-2/h7-8,10-11,15-18,21-24,27-30,32,34,36,38,42,44,62H,4-6,9,12-14,19-20,25-26,31,33,35,37,39-41,43,45-61H2,1-3H3/b10-7-,11-8-,17-15-,18-16-,23-21-,24-22-,29-27-,30-28-,34-32-,38-36-,44-42-. The highest BCUT2D eigenvalue weighted by molar-refractivity contribution is 5.71. The largest absolute Gasteiger partial charge is 0.462 e. The van der Waals surface area contributed by atoms with E-state index in [9.17, 15) is 14.4 Å². The van der Waals surface area contributed by atoms with E-state index in [0.717, 1.165) is 161 Å². The van der Waals surface area contributed by atoms with Crippen LogP contribution in [0.5, 0.6) is 0 Å². The summed E-state index contributed by atoms with van der Waals surface area (Å²) in [5.41, 5.74) is 0. The van der Waals surface area contributed by atoms with Crippen molar-refractivity contribution >= 4 is 17.9 Å². The van der Waals surface area contributed by atoms with Crippen LogP contribution >= 0.6 is 0 Å². The summed E-state index contributed by atoms with van der Waals surface area (Å²) in [7, 11) is 0. The van der Waals surface area contributed by atoms with Gasteiger partial charge in [-0.25, -0.2) is 0 Å². The molecule has 0 fully saturated rings. The van der Waals surface area contributed by atoms with Gasteiger partial charge in [0.1, 0.15) is 13.2 Å². The predicted octanol–water partition coefficient (Wildman–Crippen LogP) is 19.4. The Morgan fingerprint density at radius 2 is 0.549 bits per heavy atom. The normalized spacial score (nSPS) is 13.1. The molecule has 0 radical (unpaired) electrons. The number of rotatable bonds is 50. The summed E-state index contributed by atoms with van der Waals surface area (Å²) in [6.45, 7) is 6.29. The molecular formula is C65H104O6. The van der Waals surface area contributed by atoms with Crippen LogP contribution in [0.25, 0.3) is 0 Å². The van der Waals surface area contributed by atoms with Gasteiger partial charge in [-0.2, -0.15) is 0 Å². The van der Waals surface area contributed by atoms with Gasteiger partial charge in [-0.05, 0) is 116 Å². The third-order valence-corrected chi connectivity index (χ3v) is 11.7. The molecule has 6 nitrogen and oxygen atoms in total. The Hall–Kier alpha value is -4.45. The van der Waals surface area contributed by atoms with Crippen molar-refractivity contribution in [3.8, 4) is 0 Å². The van der Waals surface area contributed by atoms with Crippen molar-refractivity contribution in [2.75, 3.05) is 13.2 Å². The number of carbonyl (C=O) groups is 3. The first-order valence-electron chi connectivity index (χ1n) is 28.7. The predicted molar refractivity (Wildman–Crippen MR) is 306 cm³/mol. The van der Waals surface area contributed by atoms with Crippen LogP contribution in [0.1, 0.15) is 239 Å². The van der Waals surface area contributed by atoms with Crippen molar-refractivity contribution in [2.45, 2.75) is 245 Å². The van der Waals surface area contributed by atoms with E-state index in [1.165, 1.54) is 38.5 Å². The number of ether oxygens (including phenoxy) is 3. The van der Waals surface area contributed by atoms with E-state index in [4.69, 9.17) is 14.2 Å². The fourth-order valence-electron chi connectivity index (χ4n) is 7.41. The summed E-state index contributed by atoms with van der Waals surface area (Å²) in [5, 5.41) is 0. The Kier molecular flexibility index (Phi) is 54.5. The quantitative estimate of drug-likeness (QED) is 0.0262. The molecule has 1 atom stereocenters. The van der Waals surface area contributed by atoms with Gasteiger partial charge in [-0.3, -0.25) is 14.4 Å². The van der Waals surface area contributed by atoms with E-state index < -0.39 is 6.10 Å². The van der Waals surface area contributed by atoms with Crippen LogP contribution in [0.3, 0.4) is 0 Å². The molecule has 0 N–H and O–H groups in total. The third-order valence-electron chi connectivity index (χ3n) is 11.7. The fourth-order valence-corrected chi connectivity index (χ4v) is 7.41. The zero-order valence-electron chi connectivity index (χ0n) is 45.7. The fraction of sp³-hybridized carbons (Fsp3) is 0.615. The zero-order valence-corrected chi connectivity index (χ0v) is 45.7. The van der Waals surface area contributed by atoms with Gasteiger partial charge in [0.25, 0.3) is 0 Å². The number of hydrogen-bond acceptors (Lipinski definition) is 6. The Morgan fingerprint density at radius 3 is 0.859 bits per heavy atom. The van der Waals surface area contributed by atoms with Crippen LogP contribution in [-0.2, 0) is 28.6 Å². The van der Waals surface area contributed by atoms with Crippen molar-refractivity contribution in [1.82, 2.24) is 0 Å². The monoisotopic (exact) mass is 981 g/mol. The van der Waals surface area contributed by atoms with Gasteiger partial charge in [0.2, 0.25) is 0 Å². The van der Waals surface area contributed by atoms with Crippen molar-refractivity contribution in [3.63, 3.8) is 0 Å². The van der Waals surface area contributed by atoms with E-state index in [-0.39, 0.29) is 31.1 Å². The van der Waals surface area contributed by atoms with Gasteiger partial charge in [-0.15, -0.1) is 0 Å². The molecule has 71 heavy (non-hydrogen) atoms. The van der Waals surface area contributed by atoms with Crippen LogP contribution < -0.4 is 0 Å². The molecule has 0 spiro atoms. The van der Waals surface area contributed by atoms with E-state index in [0.29, 0.717) is 19.3 Å². The molecule has 0 aromatic rings. The molecule has 0 saturated carbocycles. The van der Waals surface area contributed by atoms with E-state index in [1.54, 1.807) is 0 Å². The Morgan fingerprint density at radius 1 is 0.296 bits per heavy atom. The lowest BCUT2D eigenvalue weighted by molar-refractivity contribution is -0.167. The Balaban J connectivity index is 4.20. The first kappa shape index (κ1) is 66.6. The third kappa shape index (κ3) is 56.3. The lowest BCUT2D eigenvalue weighted by Gasteiger charge is -2.18. The maximum atomic E-state index is 12.8. The van der Waals surface area contributed by atoms with Crippen molar-refractivity contribution < 1.29 is 28.6 Å². The zero-order chi connectivity index (χ0) is 51.4. The highest BCUT2D eigenvalue weighted by atomic mass is 16.6. The molecule has 0 amide bonds. The first-order chi connectivity index (χ1) is 35.0. The summed E-state index contributed by atoms with van der Waals surface area (Å²) in [6, 6.07) is 0. The topological polar surface area (TPSA) is 78.9 Å². The molecule has 0 heterocycles. The lowest BCUT2D eigenvalue weighted by atomic mass is 10.1. The van der Waals surface area contributed by atoms with E-state index in [1.807, 2.05) is 0 Å². The van der Waals surface area contributed by atoms with Crippen LogP contribution in [0.2, 0.25) is 0 Å². The maximum Gasteiger partial charge on any atom is 0.306 e. The van der Waals surface area contributed by atoms with Crippen LogP contribution in [-0.4, -0.2) is 37.2 Å². The summed E-state index contributed by atoms with van der Waals surface area (Å²) >= 11 is 0. The Bertz CT molecular complexity index is 1550. The molecule has 6 heteroatoms. The van der Waals surface area contributed by atoms with Gasteiger partial charge in [-0.1, -0.05) is 238 Å². The minimum atomic E-state index is -0.796. The lowest BCUT2D eigenvalue weighted by Crippen LogP contribution is -2.30. The van der Waals surface area contributed by atoms with Crippen LogP contribution in [0.15, 0.2) is 134 Å². The molecule has 0 rings (SSSR count). The molecule has 0 aliphatic rings. The summed E-state index contributed by atoms with van der Waals surface area (Å²) in [5.74, 6) is -0.946. The van der Waals surface area contributed by atoms with E-state index >= 15 is 0 Å². The van der Waals surface area contributed by atoms with Gasteiger partial charge < -0.3 is 14.2 Å². The molecule has 0 saturated heterocycles. The minimum absolute atomic E-state index is 0.0951. The average molecular weight is 982 g/mol. The molecule has 0 bridgehead atoms. The molecule has 0 aromatic heterocycles. The van der Waals surface area contributed by atoms with Crippen molar-refractivity contribution in [2.24, 2.45) is 0 Å². The second-order valence-corrected chi connectivity index (χ2v) is 18.4. The molecule has 400 valence electrons. The molecule has 0 aliphatic heterocycles. The smallest absolute Gasteiger partial charge is 0.306 e. The Labute approximate surface area is 436 Å². The highest BCUT2D eigenvalue weighted by Gasteiger charge is 2.19. The SMILES string of the molecule is CC/C=C\C/C=C\C/C=C\C/C=C\C/C=C\C/C=C\CCCCCCC(=O)OC(COC(=O)CCCCCCC)COC(=O)CCCCCCCCCCC/C=C\C/C=C\C/C=C\C/C=C\C/C=C\CC. The maximum absolute atomic E-state index is 12.8. The average Bonchev–Trinajstić information content (AvgIpc) is 3.37. The number of esters is 3. The molecule has 0 aromatic carbocycles. The van der Waals surface area contributed by atoms with Gasteiger partial charge in [0.15, 0.2) is 6.10 Å².